The number of nitrogens with zero attached hydrogens (tertiary/aromatic N) is 4. The van der Waals surface area contributed by atoms with Gasteiger partial charge in [0.15, 0.2) is 0 Å². The van der Waals surface area contributed by atoms with Gasteiger partial charge in [0.2, 0.25) is 5.88 Å². The van der Waals surface area contributed by atoms with Gasteiger partial charge in [-0.15, -0.1) is 0 Å². The van der Waals surface area contributed by atoms with Crippen molar-refractivity contribution in [3.8, 4) is 23.1 Å². The van der Waals surface area contributed by atoms with Gasteiger partial charge in [-0.1, -0.05) is 6.07 Å². The van der Waals surface area contributed by atoms with Crippen LogP contribution < -0.4 is 15.0 Å². The number of benzene rings is 1. The highest BCUT2D eigenvalue weighted by Crippen LogP contribution is 2.32. The molecular weight excluding hydrogens is 434 g/mol. The molecule has 9 nitrogen and oxygen atoms in total. The van der Waals surface area contributed by atoms with Gasteiger partial charge in [0.05, 0.1) is 25.9 Å². The number of urea groups is 1. The van der Waals surface area contributed by atoms with E-state index in [9.17, 15) is 9.90 Å². The van der Waals surface area contributed by atoms with Crippen LogP contribution in [0.1, 0.15) is 12.0 Å². The highest BCUT2D eigenvalue weighted by Gasteiger charge is 2.22. The number of nitriles is 1. The number of likely N-dealkylation sites (tertiary alicyclic amines) is 1. The van der Waals surface area contributed by atoms with Crippen LogP contribution in [-0.4, -0.2) is 73.6 Å². The first-order chi connectivity index (χ1) is 16.6. The van der Waals surface area contributed by atoms with Gasteiger partial charge in [0.25, 0.3) is 0 Å². The molecule has 0 unspecified atom stereocenters. The molecule has 1 aromatic carbocycles. The minimum atomic E-state index is -0.188. The first-order valence-electron chi connectivity index (χ1n) is 11.4. The Morgan fingerprint density at radius 2 is 2.12 bits per heavy atom. The molecule has 2 aliphatic heterocycles. The number of anilines is 2. The largest absolute Gasteiger partial charge is 0.475 e. The molecule has 2 aromatic rings. The molecule has 2 aliphatic rings. The zero-order valence-corrected chi connectivity index (χ0v) is 19.3. The second kappa shape index (κ2) is 11.0. The lowest BCUT2D eigenvalue weighted by Crippen LogP contribution is -2.36. The number of carbonyl (C=O) groups excluding carboxylic acids is 1. The average Bonchev–Trinajstić information content (AvgIpc) is 3.33. The molecule has 2 saturated heterocycles. The molecule has 0 atom stereocenters. The fraction of sp³-hybridized carbons (Fsp3) is 0.400. The zero-order chi connectivity index (χ0) is 23.9. The normalized spacial score (nSPS) is 17.0. The molecule has 4 rings (SSSR count). The van der Waals surface area contributed by atoms with Gasteiger partial charge >= 0.3 is 6.03 Å². The Hall–Kier alpha value is -3.61. The Bertz CT molecular complexity index is 1100. The van der Waals surface area contributed by atoms with E-state index >= 15 is 0 Å². The lowest BCUT2D eigenvalue weighted by atomic mass is 10.0. The molecule has 0 saturated carbocycles. The van der Waals surface area contributed by atoms with Gasteiger partial charge in [-0.3, -0.25) is 0 Å². The first kappa shape index (κ1) is 23.5. The lowest BCUT2D eigenvalue weighted by molar-refractivity contribution is 0.122. The van der Waals surface area contributed by atoms with Crippen molar-refractivity contribution in [2.75, 3.05) is 62.8 Å². The summed E-state index contributed by atoms with van der Waals surface area (Å²) >= 11 is 0. The molecule has 0 radical (unpaired) electrons. The topological polar surface area (TPSA) is 111 Å². The summed E-state index contributed by atoms with van der Waals surface area (Å²) in [5.74, 6) is 1.23. The Kier molecular flexibility index (Phi) is 7.62. The van der Waals surface area contributed by atoms with E-state index in [-0.39, 0.29) is 19.2 Å². The van der Waals surface area contributed by atoms with E-state index in [1.165, 1.54) is 6.08 Å². The molecule has 0 bridgehead atoms. The van der Waals surface area contributed by atoms with E-state index in [0.717, 1.165) is 47.6 Å². The van der Waals surface area contributed by atoms with Crippen molar-refractivity contribution in [2.45, 2.75) is 13.3 Å². The summed E-state index contributed by atoms with van der Waals surface area (Å²) in [6.45, 7) is 5.90. The third-order valence-corrected chi connectivity index (χ3v) is 5.92. The zero-order valence-electron chi connectivity index (χ0n) is 19.3. The summed E-state index contributed by atoms with van der Waals surface area (Å²) in [7, 11) is 0. The number of ether oxygens (including phenoxy) is 2. The monoisotopic (exact) mass is 463 g/mol. The number of carbonyl (C=O) groups is 1. The van der Waals surface area contributed by atoms with Crippen LogP contribution in [0.15, 0.2) is 42.0 Å². The van der Waals surface area contributed by atoms with Crippen molar-refractivity contribution in [2.24, 2.45) is 0 Å². The quantitative estimate of drug-likeness (QED) is 0.634. The number of aromatic nitrogens is 1. The van der Waals surface area contributed by atoms with Crippen LogP contribution >= 0.6 is 0 Å². The van der Waals surface area contributed by atoms with E-state index < -0.39 is 0 Å². The summed E-state index contributed by atoms with van der Waals surface area (Å²) < 4.78 is 11.1. The van der Waals surface area contributed by atoms with E-state index in [2.05, 4.69) is 15.2 Å². The number of aliphatic hydroxyl groups excluding tert-OH is 1. The SMILES string of the molecule is Cc1ccc(NC(=O)N2CC/C(=C\C#N)C2)cc1-c1cc(OCCO)nc(N2CCOCC2)c1. The number of hydrogen-bond donors (Lipinski definition) is 2. The van der Waals surface area contributed by atoms with Crippen molar-refractivity contribution < 1.29 is 19.4 Å². The predicted molar refractivity (Wildman–Crippen MR) is 129 cm³/mol. The summed E-state index contributed by atoms with van der Waals surface area (Å²) in [6.07, 6.45) is 2.24. The molecule has 2 N–H and O–H groups in total. The van der Waals surface area contributed by atoms with Crippen LogP contribution in [0.2, 0.25) is 0 Å². The van der Waals surface area contributed by atoms with Crippen molar-refractivity contribution in [1.82, 2.24) is 9.88 Å². The Labute approximate surface area is 199 Å². The second-order valence-corrected chi connectivity index (χ2v) is 8.29. The van der Waals surface area contributed by atoms with Gasteiger partial charge in [-0.25, -0.2) is 4.79 Å². The maximum Gasteiger partial charge on any atom is 0.322 e. The minimum Gasteiger partial charge on any atom is -0.475 e. The molecule has 3 heterocycles. The van der Waals surface area contributed by atoms with Gasteiger partial charge in [0, 0.05) is 44.0 Å². The van der Waals surface area contributed by atoms with Crippen LogP contribution in [0.3, 0.4) is 0 Å². The molecule has 34 heavy (non-hydrogen) atoms. The molecule has 9 heteroatoms. The fourth-order valence-electron chi connectivity index (χ4n) is 4.10. The maximum atomic E-state index is 12.8. The number of aliphatic hydroxyl groups is 1. The molecule has 0 aliphatic carbocycles. The van der Waals surface area contributed by atoms with Gasteiger partial charge in [0.1, 0.15) is 12.4 Å². The predicted octanol–water partition coefficient (Wildman–Crippen LogP) is 2.95. The Morgan fingerprint density at radius 3 is 2.88 bits per heavy atom. The number of pyridine rings is 1. The summed E-state index contributed by atoms with van der Waals surface area (Å²) in [6, 6.07) is 11.5. The third-order valence-electron chi connectivity index (χ3n) is 5.92. The first-order valence-corrected chi connectivity index (χ1v) is 11.4. The lowest BCUT2D eigenvalue weighted by Gasteiger charge is -2.28. The highest BCUT2D eigenvalue weighted by molar-refractivity contribution is 5.91. The molecular formula is C25H29N5O4. The van der Waals surface area contributed by atoms with E-state index in [1.54, 1.807) is 4.90 Å². The maximum absolute atomic E-state index is 12.8. The summed E-state index contributed by atoms with van der Waals surface area (Å²) in [5.41, 5.74) is 4.56. The smallest absolute Gasteiger partial charge is 0.322 e. The average molecular weight is 464 g/mol. The van der Waals surface area contributed by atoms with Crippen LogP contribution in [0.5, 0.6) is 5.88 Å². The van der Waals surface area contributed by atoms with E-state index in [1.807, 2.05) is 43.3 Å². The molecule has 0 spiro atoms. The fourth-order valence-corrected chi connectivity index (χ4v) is 4.10. The van der Waals surface area contributed by atoms with Crippen molar-refractivity contribution in [3.63, 3.8) is 0 Å². The summed E-state index contributed by atoms with van der Waals surface area (Å²) in [4.78, 5) is 21.2. The molecule has 2 amide bonds. The Morgan fingerprint density at radius 1 is 1.29 bits per heavy atom. The number of rotatable bonds is 6. The molecule has 178 valence electrons. The molecule has 1 aromatic heterocycles. The highest BCUT2D eigenvalue weighted by atomic mass is 16.5. The number of nitrogens with one attached hydrogen (secondary N) is 1. The van der Waals surface area contributed by atoms with Gasteiger partial charge < -0.3 is 29.7 Å². The van der Waals surface area contributed by atoms with Crippen LogP contribution in [0.25, 0.3) is 11.1 Å². The second-order valence-electron chi connectivity index (χ2n) is 8.29. The van der Waals surface area contributed by atoms with Crippen molar-refractivity contribution in [1.29, 1.82) is 5.26 Å². The van der Waals surface area contributed by atoms with Crippen LogP contribution in [0.4, 0.5) is 16.3 Å². The third kappa shape index (κ3) is 5.65. The van der Waals surface area contributed by atoms with Crippen molar-refractivity contribution >= 4 is 17.5 Å². The van der Waals surface area contributed by atoms with Crippen molar-refractivity contribution in [3.05, 3.63) is 47.5 Å². The van der Waals surface area contributed by atoms with Gasteiger partial charge in [-0.05, 0) is 53.8 Å². The number of hydrogen-bond acceptors (Lipinski definition) is 7. The standard InChI is InChI=1S/C25H29N5O4/c1-18-2-3-21(27-25(32)30-7-5-19(17-30)4-6-26)16-22(18)20-14-23(29-8-11-33-12-9-29)28-24(15-20)34-13-10-31/h2-4,14-16,31H,5,7-13,17H2,1H3,(H,27,32)/b19-4+. The molecule has 2 fully saturated rings. The minimum absolute atomic E-state index is 0.0961. The van der Waals surface area contributed by atoms with Gasteiger partial charge in [-0.2, -0.15) is 10.2 Å². The number of aryl methyl sites for hydroxylation is 1. The summed E-state index contributed by atoms with van der Waals surface area (Å²) in [5, 5.41) is 21.0. The number of morpholine rings is 1. The number of allylic oxidation sites excluding steroid dienone is 1. The Balaban J connectivity index is 1.59. The number of amides is 2. The van der Waals surface area contributed by atoms with Crippen LogP contribution in [-0.2, 0) is 4.74 Å². The van der Waals surface area contributed by atoms with Crippen LogP contribution in [0, 0.1) is 18.3 Å². The van der Waals surface area contributed by atoms with E-state index in [4.69, 9.17) is 14.7 Å². The van der Waals surface area contributed by atoms with E-state index in [0.29, 0.717) is 37.9 Å².